The van der Waals surface area contributed by atoms with Crippen LogP contribution >= 0.6 is 0 Å². The van der Waals surface area contributed by atoms with Crippen molar-refractivity contribution in [3.8, 4) is 11.5 Å². The molecule has 1 aromatic carbocycles. The maximum atomic E-state index is 5.80. The Hall–Kier alpha value is -2.24. The summed E-state index contributed by atoms with van der Waals surface area (Å²) >= 11 is 0. The highest BCUT2D eigenvalue weighted by atomic mass is 16.5. The van der Waals surface area contributed by atoms with E-state index in [1.54, 1.807) is 7.11 Å². The van der Waals surface area contributed by atoms with E-state index in [0.29, 0.717) is 24.0 Å². The van der Waals surface area contributed by atoms with E-state index < -0.39 is 0 Å². The van der Waals surface area contributed by atoms with Gasteiger partial charge >= 0.3 is 0 Å². The van der Waals surface area contributed by atoms with Crippen molar-refractivity contribution in [3.63, 3.8) is 0 Å². The molecular formula is C14H22N4O2. The molecule has 0 bridgehead atoms. The van der Waals surface area contributed by atoms with Gasteiger partial charge in [-0.05, 0) is 24.5 Å². The Morgan fingerprint density at radius 3 is 2.70 bits per heavy atom. The number of ether oxygens (including phenoxy) is 2. The molecule has 0 atom stereocenters. The van der Waals surface area contributed by atoms with Gasteiger partial charge in [-0.2, -0.15) is 5.10 Å². The molecule has 0 saturated carbocycles. The quantitative estimate of drug-likeness (QED) is 0.451. The van der Waals surface area contributed by atoms with Gasteiger partial charge in [0.25, 0.3) is 0 Å². The number of guanidine groups is 1. The maximum absolute atomic E-state index is 5.80. The van der Waals surface area contributed by atoms with Gasteiger partial charge in [0.2, 0.25) is 5.96 Å². The van der Waals surface area contributed by atoms with Crippen LogP contribution in [0.5, 0.6) is 11.5 Å². The lowest BCUT2D eigenvalue weighted by atomic mass is 10.1. The van der Waals surface area contributed by atoms with Gasteiger partial charge in [0.15, 0.2) is 11.5 Å². The predicted molar refractivity (Wildman–Crippen MR) is 81.3 cm³/mol. The van der Waals surface area contributed by atoms with Gasteiger partial charge in [-0.25, -0.2) is 0 Å². The van der Waals surface area contributed by atoms with Crippen molar-refractivity contribution in [2.24, 2.45) is 27.6 Å². The Kier molecular flexibility index (Phi) is 6.36. The molecule has 0 aromatic heterocycles. The van der Waals surface area contributed by atoms with E-state index in [2.05, 4.69) is 24.1 Å². The SMILES string of the molecule is COc1cccc(C=NN=C(N)N)c1OCCC(C)C. The van der Waals surface area contributed by atoms with Gasteiger partial charge in [-0.15, -0.1) is 5.10 Å². The fourth-order valence-electron chi connectivity index (χ4n) is 1.50. The number of benzene rings is 1. The molecule has 6 heteroatoms. The Morgan fingerprint density at radius 1 is 1.35 bits per heavy atom. The zero-order valence-electron chi connectivity index (χ0n) is 12.2. The van der Waals surface area contributed by atoms with Gasteiger partial charge in [-0.3, -0.25) is 0 Å². The molecule has 0 spiro atoms. The van der Waals surface area contributed by atoms with Crippen LogP contribution in [-0.4, -0.2) is 25.9 Å². The number of para-hydroxylation sites is 1. The largest absolute Gasteiger partial charge is 0.493 e. The van der Waals surface area contributed by atoms with Crippen LogP contribution in [0.3, 0.4) is 0 Å². The fourth-order valence-corrected chi connectivity index (χ4v) is 1.50. The molecule has 0 heterocycles. The van der Waals surface area contributed by atoms with Crippen LogP contribution in [0.4, 0.5) is 0 Å². The first kappa shape index (κ1) is 15.8. The van der Waals surface area contributed by atoms with Crippen molar-refractivity contribution in [3.05, 3.63) is 23.8 Å². The van der Waals surface area contributed by atoms with E-state index in [9.17, 15) is 0 Å². The molecule has 0 aliphatic heterocycles. The third-order valence-electron chi connectivity index (χ3n) is 2.54. The highest BCUT2D eigenvalue weighted by Gasteiger charge is 2.09. The Labute approximate surface area is 119 Å². The second-order valence-corrected chi connectivity index (χ2v) is 4.68. The predicted octanol–water partition coefficient (Wildman–Crippen LogP) is 1.73. The van der Waals surface area contributed by atoms with Crippen LogP contribution in [0, 0.1) is 5.92 Å². The van der Waals surface area contributed by atoms with Crippen molar-refractivity contribution in [2.45, 2.75) is 20.3 Å². The highest BCUT2D eigenvalue weighted by Crippen LogP contribution is 2.30. The number of nitrogens with two attached hydrogens (primary N) is 2. The molecule has 20 heavy (non-hydrogen) atoms. The second kappa shape index (κ2) is 8.04. The smallest absolute Gasteiger partial charge is 0.211 e. The zero-order chi connectivity index (χ0) is 15.0. The summed E-state index contributed by atoms with van der Waals surface area (Å²) in [7, 11) is 1.60. The number of hydrogen-bond donors (Lipinski definition) is 2. The number of nitrogens with zero attached hydrogens (tertiary/aromatic N) is 2. The minimum atomic E-state index is -0.0913. The summed E-state index contributed by atoms with van der Waals surface area (Å²) < 4.78 is 11.1. The molecule has 0 unspecified atom stereocenters. The van der Waals surface area contributed by atoms with Gasteiger partial charge < -0.3 is 20.9 Å². The lowest BCUT2D eigenvalue weighted by molar-refractivity contribution is 0.272. The van der Waals surface area contributed by atoms with E-state index >= 15 is 0 Å². The van der Waals surface area contributed by atoms with E-state index in [1.165, 1.54) is 6.21 Å². The summed E-state index contributed by atoms with van der Waals surface area (Å²) in [5.74, 6) is 1.78. The third kappa shape index (κ3) is 5.17. The maximum Gasteiger partial charge on any atom is 0.211 e. The summed E-state index contributed by atoms with van der Waals surface area (Å²) in [6.45, 7) is 4.90. The van der Waals surface area contributed by atoms with Gasteiger partial charge in [0.05, 0.1) is 19.9 Å². The topological polar surface area (TPSA) is 95.2 Å². The Balaban J connectivity index is 2.92. The van der Waals surface area contributed by atoms with Crippen molar-refractivity contribution in [2.75, 3.05) is 13.7 Å². The average molecular weight is 278 g/mol. The summed E-state index contributed by atoms with van der Waals surface area (Å²) in [4.78, 5) is 0. The Morgan fingerprint density at radius 2 is 2.10 bits per heavy atom. The first-order chi connectivity index (χ1) is 9.54. The standard InChI is InChI=1S/C14H22N4O2/c1-10(2)7-8-20-13-11(9-17-18-14(15)16)5-4-6-12(13)19-3/h4-6,9-10H,7-8H2,1-3H3,(H4,15,16,18). The molecule has 6 nitrogen and oxygen atoms in total. The molecule has 110 valence electrons. The highest BCUT2D eigenvalue weighted by molar-refractivity contribution is 5.86. The summed E-state index contributed by atoms with van der Waals surface area (Å²) in [5.41, 5.74) is 11.2. The molecule has 0 saturated heterocycles. The number of methoxy groups -OCH3 is 1. The number of rotatable bonds is 7. The van der Waals surface area contributed by atoms with Crippen LogP contribution in [0.25, 0.3) is 0 Å². The van der Waals surface area contributed by atoms with Crippen LogP contribution in [0.1, 0.15) is 25.8 Å². The fraction of sp³-hybridized carbons (Fsp3) is 0.429. The van der Waals surface area contributed by atoms with Crippen LogP contribution < -0.4 is 20.9 Å². The van der Waals surface area contributed by atoms with Gasteiger partial charge in [-0.1, -0.05) is 19.9 Å². The normalized spacial score (nSPS) is 10.8. The second-order valence-electron chi connectivity index (χ2n) is 4.68. The molecule has 4 N–H and O–H groups in total. The molecule has 0 aliphatic rings. The van der Waals surface area contributed by atoms with Crippen LogP contribution in [0.15, 0.2) is 28.4 Å². The first-order valence-corrected chi connectivity index (χ1v) is 6.46. The van der Waals surface area contributed by atoms with E-state index in [0.717, 1.165) is 12.0 Å². The van der Waals surface area contributed by atoms with E-state index in [4.69, 9.17) is 20.9 Å². The lowest BCUT2D eigenvalue weighted by Gasteiger charge is -2.13. The molecular weight excluding hydrogens is 256 g/mol. The van der Waals surface area contributed by atoms with Crippen LogP contribution in [0.2, 0.25) is 0 Å². The molecule has 0 radical (unpaired) electrons. The molecule has 1 aromatic rings. The monoisotopic (exact) mass is 278 g/mol. The van der Waals surface area contributed by atoms with Crippen molar-refractivity contribution in [1.82, 2.24) is 0 Å². The molecule has 0 aliphatic carbocycles. The van der Waals surface area contributed by atoms with Crippen molar-refractivity contribution >= 4 is 12.2 Å². The minimum absolute atomic E-state index is 0.0913. The summed E-state index contributed by atoms with van der Waals surface area (Å²) in [6.07, 6.45) is 2.50. The average Bonchev–Trinajstić information content (AvgIpc) is 2.39. The number of hydrogen-bond acceptors (Lipinski definition) is 4. The van der Waals surface area contributed by atoms with Crippen molar-refractivity contribution < 1.29 is 9.47 Å². The van der Waals surface area contributed by atoms with E-state index in [-0.39, 0.29) is 5.96 Å². The minimum Gasteiger partial charge on any atom is -0.493 e. The third-order valence-corrected chi connectivity index (χ3v) is 2.54. The van der Waals surface area contributed by atoms with Crippen LogP contribution in [-0.2, 0) is 0 Å². The molecule has 1 rings (SSSR count). The Bertz CT molecular complexity index is 480. The first-order valence-electron chi connectivity index (χ1n) is 6.46. The lowest BCUT2D eigenvalue weighted by Crippen LogP contribution is -2.21. The molecule has 0 amide bonds. The van der Waals surface area contributed by atoms with Gasteiger partial charge in [0, 0.05) is 5.56 Å². The van der Waals surface area contributed by atoms with Crippen molar-refractivity contribution in [1.29, 1.82) is 0 Å². The summed E-state index contributed by atoms with van der Waals surface area (Å²) in [5, 5.41) is 7.37. The van der Waals surface area contributed by atoms with E-state index in [1.807, 2.05) is 18.2 Å². The molecule has 0 fully saturated rings. The summed E-state index contributed by atoms with van der Waals surface area (Å²) in [6, 6.07) is 5.55. The van der Waals surface area contributed by atoms with Gasteiger partial charge in [0.1, 0.15) is 0 Å². The zero-order valence-corrected chi connectivity index (χ0v) is 12.2.